The van der Waals surface area contributed by atoms with Gasteiger partial charge in [-0.3, -0.25) is 19.4 Å². The van der Waals surface area contributed by atoms with E-state index in [1.165, 1.54) is 24.0 Å². The van der Waals surface area contributed by atoms with Gasteiger partial charge in [-0.05, 0) is 59.1 Å². The minimum Gasteiger partial charge on any atom is -0.475 e. The highest BCUT2D eigenvalue weighted by molar-refractivity contribution is 9.10. The van der Waals surface area contributed by atoms with Crippen LogP contribution in [0.3, 0.4) is 0 Å². The van der Waals surface area contributed by atoms with Crippen molar-refractivity contribution in [2.75, 3.05) is 49.5 Å². The lowest BCUT2D eigenvalue weighted by Gasteiger charge is -2.45. The van der Waals surface area contributed by atoms with Crippen molar-refractivity contribution in [2.45, 2.75) is 31.5 Å². The van der Waals surface area contributed by atoms with E-state index in [0.717, 1.165) is 30.2 Å². The zero-order chi connectivity index (χ0) is 32.4. The molecule has 1 N–H and O–H groups in total. The molecule has 14 heteroatoms. The van der Waals surface area contributed by atoms with Crippen LogP contribution in [0.15, 0.2) is 65.4 Å². The second kappa shape index (κ2) is 13.0. The molecule has 3 amide bonds. The van der Waals surface area contributed by atoms with Crippen molar-refractivity contribution < 1.29 is 36.7 Å². The van der Waals surface area contributed by atoms with E-state index in [9.17, 15) is 31.9 Å². The molecule has 0 radical (unpaired) electrons. The standard InChI is InChI=1S/C31H30BrF4N5O4/c1-20(42)38-26-5-2-3-6-27(26)39-13-15-40(16-14-39)29(44)30(45-21-7-8-24(32)25(33)17-21)10-4-12-41(19-30)28(43)22-18-37-11-9-23(22)31(34,35)36/h2-3,5-9,11,17-18H,4,10,12-16,19H2,1H3,(H,38,42)/t30-/m0/s1. The molecule has 2 aromatic carbocycles. The Labute approximate surface area is 265 Å². The molecular formula is C31H30BrF4N5O4. The van der Waals surface area contributed by atoms with Gasteiger partial charge in [0.05, 0.1) is 33.5 Å². The van der Waals surface area contributed by atoms with Crippen LogP contribution in [0.4, 0.5) is 28.9 Å². The Bertz CT molecular complexity index is 1600. The molecule has 2 aliphatic rings. The number of hydrogen-bond acceptors (Lipinski definition) is 6. The molecule has 2 saturated heterocycles. The van der Waals surface area contributed by atoms with E-state index in [0.29, 0.717) is 18.8 Å². The van der Waals surface area contributed by atoms with Crippen LogP contribution in [0.5, 0.6) is 5.75 Å². The number of para-hydroxylation sites is 2. The fraction of sp³-hybridized carbons (Fsp3) is 0.355. The average Bonchev–Trinajstić information content (AvgIpc) is 3.02. The molecule has 0 bridgehead atoms. The summed E-state index contributed by atoms with van der Waals surface area (Å²) in [6.07, 6.45) is -2.56. The second-order valence-electron chi connectivity index (χ2n) is 10.9. The minimum atomic E-state index is -4.79. The van der Waals surface area contributed by atoms with Crippen molar-refractivity contribution in [2.24, 2.45) is 0 Å². The van der Waals surface area contributed by atoms with E-state index < -0.39 is 40.5 Å². The number of alkyl halides is 3. The largest absolute Gasteiger partial charge is 0.475 e. The first-order chi connectivity index (χ1) is 21.4. The SMILES string of the molecule is CC(=O)Nc1ccccc1N1CCN(C(=O)[C@]2(Oc3ccc(Br)c(F)c3)CCCN(C(=O)c3cnccc3C(F)(F)F)C2)CC1. The van der Waals surface area contributed by atoms with E-state index >= 15 is 0 Å². The maximum Gasteiger partial charge on any atom is 0.417 e. The van der Waals surface area contributed by atoms with E-state index in [4.69, 9.17) is 4.74 Å². The summed E-state index contributed by atoms with van der Waals surface area (Å²) in [6, 6.07) is 12.0. The lowest BCUT2D eigenvalue weighted by molar-refractivity contribution is -0.153. The lowest BCUT2D eigenvalue weighted by atomic mass is 9.89. The molecule has 1 atom stereocenters. The fourth-order valence-electron chi connectivity index (χ4n) is 5.73. The minimum absolute atomic E-state index is 0.0403. The molecule has 0 spiro atoms. The number of hydrogen-bond donors (Lipinski definition) is 1. The van der Waals surface area contributed by atoms with Gasteiger partial charge in [-0.25, -0.2) is 4.39 Å². The molecule has 3 heterocycles. The van der Waals surface area contributed by atoms with Crippen LogP contribution < -0.4 is 15.0 Å². The molecule has 9 nitrogen and oxygen atoms in total. The summed E-state index contributed by atoms with van der Waals surface area (Å²) < 4.78 is 62.2. The van der Waals surface area contributed by atoms with Gasteiger partial charge in [0.25, 0.3) is 11.8 Å². The summed E-state index contributed by atoms with van der Waals surface area (Å²) in [4.78, 5) is 48.1. The molecule has 45 heavy (non-hydrogen) atoms. The highest BCUT2D eigenvalue weighted by Gasteiger charge is 2.49. The Morgan fingerprint density at radius 2 is 1.73 bits per heavy atom. The van der Waals surface area contributed by atoms with Crippen LogP contribution in [0.25, 0.3) is 0 Å². The second-order valence-corrected chi connectivity index (χ2v) is 11.8. The van der Waals surface area contributed by atoms with Gasteiger partial charge in [-0.15, -0.1) is 0 Å². The van der Waals surface area contributed by atoms with Crippen molar-refractivity contribution in [3.05, 3.63) is 82.3 Å². The fourth-order valence-corrected chi connectivity index (χ4v) is 5.98. The normalized spacial score (nSPS) is 18.8. The number of piperazine rings is 1. The zero-order valence-corrected chi connectivity index (χ0v) is 25.8. The van der Waals surface area contributed by atoms with Crippen LogP contribution in [0.2, 0.25) is 0 Å². The first kappa shape index (κ1) is 32.2. The van der Waals surface area contributed by atoms with Crippen molar-refractivity contribution in [3.63, 3.8) is 0 Å². The van der Waals surface area contributed by atoms with Gasteiger partial charge in [0.2, 0.25) is 11.5 Å². The van der Waals surface area contributed by atoms with Crippen molar-refractivity contribution >= 4 is 45.0 Å². The van der Waals surface area contributed by atoms with Crippen LogP contribution in [0, 0.1) is 5.82 Å². The number of rotatable bonds is 6. The third-order valence-corrected chi connectivity index (χ3v) is 8.46. The number of carbonyl (C=O) groups excluding carboxylic acids is 3. The van der Waals surface area contributed by atoms with Crippen molar-refractivity contribution in [1.82, 2.24) is 14.8 Å². The summed E-state index contributed by atoms with van der Waals surface area (Å²) in [7, 11) is 0. The van der Waals surface area contributed by atoms with E-state index in [2.05, 4.69) is 26.2 Å². The van der Waals surface area contributed by atoms with E-state index in [1.807, 2.05) is 17.0 Å². The van der Waals surface area contributed by atoms with Crippen molar-refractivity contribution in [1.29, 1.82) is 0 Å². The summed E-state index contributed by atoms with van der Waals surface area (Å²) in [5.74, 6) is -2.20. The summed E-state index contributed by atoms with van der Waals surface area (Å²) in [5, 5.41) is 2.81. The monoisotopic (exact) mass is 691 g/mol. The van der Waals surface area contributed by atoms with Crippen LogP contribution in [-0.4, -0.2) is 77.4 Å². The molecule has 3 aromatic rings. The third kappa shape index (κ3) is 7.05. The number of nitrogens with one attached hydrogen (secondary N) is 1. The predicted octanol–water partition coefficient (Wildman–Crippen LogP) is 5.36. The number of carbonyl (C=O) groups is 3. The Kier molecular flexibility index (Phi) is 9.33. The van der Waals surface area contributed by atoms with Crippen LogP contribution >= 0.6 is 15.9 Å². The molecule has 2 aliphatic heterocycles. The third-order valence-electron chi connectivity index (χ3n) is 7.82. The van der Waals surface area contributed by atoms with Gasteiger partial charge in [0, 0.05) is 58.1 Å². The Hall–Kier alpha value is -4.20. The number of ether oxygens (including phenoxy) is 1. The van der Waals surface area contributed by atoms with Crippen LogP contribution in [0.1, 0.15) is 35.7 Å². The number of anilines is 2. The van der Waals surface area contributed by atoms with E-state index in [-0.39, 0.29) is 55.2 Å². The smallest absolute Gasteiger partial charge is 0.417 e. The number of nitrogens with zero attached hydrogens (tertiary/aromatic N) is 4. The molecule has 2 fully saturated rings. The van der Waals surface area contributed by atoms with Gasteiger partial charge in [0.15, 0.2) is 0 Å². The molecular weight excluding hydrogens is 662 g/mol. The number of likely N-dealkylation sites (tertiary alicyclic amines) is 1. The summed E-state index contributed by atoms with van der Waals surface area (Å²) in [5.41, 5.74) is -2.02. The van der Waals surface area contributed by atoms with Gasteiger partial charge in [-0.1, -0.05) is 12.1 Å². The quantitative estimate of drug-likeness (QED) is 0.350. The molecule has 0 saturated carbocycles. The molecule has 0 unspecified atom stereocenters. The Morgan fingerprint density at radius 3 is 2.42 bits per heavy atom. The molecule has 1 aromatic heterocycles. The maximum absolute atomic E-state index is 14.5. The highest BCUT2D eigenvalue weighted by Crippen LogP contribution is 2.36. The van der Waals surface area contributed by atoms with E-state index in [1.54, 1.807) is 17.0 Å². The van der Waals surface area contributed by atoms with Crippen LogP contribution in [-0.2, 0) is 15.8 Å². The van der Waals surface area contributed by atoms with Gasteiger partial charge < -0.3 is 24.8 Å². The summed E-state index contributed by atoms with van der Waals surface area (Å²) in [6.45, 7) is 2.52. The van der Waals surface area contributed by atoms with Gasteiger partial charge in [0.1, 0.15) is 11.6 Å². The molecule has 5 rings (SSSR count). The Balaban J connectivity index is 1.42. The number of halogens is 5. The number of benzene rings is 2. The van der Waals surface area contributed by atoms with Gasteiger partial charge in [-0.2, -0.15) is 13.2 Å². The van der Waals surface area contributed by atoms with Gasteiger partial charge >= 0.3 is 6.18 Å². The van der Waals surface area contributed by atoms with Crippen molar-refractivity contribution in [3.8, 4) is 5.75 Å². The maximum atomic E-state index is 14.5. The number of aromatic nitrogens is 1. The Morgan fingerprint density at radius 1 is 1.00 bits per heavy atom. The molecule has 0 aliphatic carbocycles. The first-order valence-electron chi connectivity index (χ1n) is 14.2. The number of pyridine rings is 1. The first-order valence-corrected chi connectivity index (χ1v) is 15.0. The summed E-state index contributed by atoms with van der Waals surface area (Å²) >= 11 is 3.10. The predicted molar refractivity (Wildman–Crippen MR) is 161 cm³/mol. The number of piperidine rings is 1. The highest BCUT2D eigenvalue weighted by atomic mass is 79.9. The topological polar surface area (TPSA) is 95.1 Å². The lowest BCUT2D eigenvalue weighted by Crippen LogP contribution is -2.64. The zero-order valence-electron chi connectivity index (χ0n) is 24.2. The number of amides is 3. The average molecular weight is 693 g/mol. The molecule has 238 valence electrons.